The van der Waals surface area contributed by atoms with Crippen molar-refractivity contribution in [1.29, 1.82) is 0 Å². The van der Waals surface area contributed by atoms with Crippen LogP contribution in [0.15, 0.2) is 38.6 Å². The van der Waals surface area contributed by atoms with Crippen molar-refractivity contribution in [2.45, 2.75) is 19.6 Å². The fourth-order valence-electron chi connectivity index (χ4n) is 2.88. The molecule has 1 aromatic carbocycles. The molecule has 2 aromatic heterocycles. The largest absolute Gasteiger partial charge is 0.491 e. The molecule has 0 aliphatic carbocycles. The van der Waals surface area contributed by atoms with Crippen LogP contribution in [0.4, 0.5) is 5.69 Å². The minimum atomic E-state index is -0.944. The molecule has 0 aliphatic rings. The van der Waals surface area contributed by atoms with Gasteiger partial charge >= 0.3 is 5.69 Å². The number of anilines is 1. The molecule has 154 valence electrons. The monoisotopic (exact) mass is 465 g/mol. The van der Waals surface area contributed by atoms with Gasteiger partial charge in [-0.15, -0.1) is 0 Å². The van der Waals surface area contributed by atoms with Crippen LogP contribution in [0.5, 0.6) is 5.75 Å². The first-order valence-corrected chi connectivity index (χ1v) is 9.48. The predicted octanol–water partition coefficient (Wildman–Crippen LogP) is 0.594. The Morgan fingerprint density at radius 3 is 2.52 bits per heavy atom. The molecule has 0 radical (unpaired) electrons. The molecule has 1 unspecified atom stereocenters. The van der Waals surface area contributed by atoms with Crippen LogP contribution in [-0.4, -0.2) is 42.4 Å². The molecule has 0 saturated heterocycles. The highest BCUT2D eigenvalue weighted by atomic mass is 79.9. The number of rotatable bonds is 6. The molecular formula is C18H20BrN5O5. The number of hydrogen-bond donors (Lipinski definition) is 2. The van der Waals surface area contributed by atoms with Gasteiger partial charge in [-0.3, -0.25) is 18.7 Å². The van der Waals surface area contributed by atoms with E-state index in [4.69, 9.17) is 4.74 Å². The predicted molar refractivity (Wildman–Crippen MR) is 110 cm³/mol. The molecule has 0 fully saturated rings. The van der Waals surface area contributed by atoms with Crippen molar-refractivity contribution in [1.82, 2.24) is 18.7 Å². The molecule has 1 atom stereocenters. The number of hydrogen-bond acceptors (Lipinski definition) is 6. The van der Waals surface area contributed by atoms with E-state index in [0.717, 1.165) is 4.57 Å². The Morgan fingerprint density at radius 1 is 1.24 bits per heavy atom. The van der Waals surface area contributed by atoms with Crippen molar-refractivity contribution in [2.24, 2.45) is 14.1 Å². The molecule has 2 N–H and O–H groups in total. The van der Waals surface area contributed by atoms with Crippen molar-refractivity contribution >= 4 is 38.7 Å². The van der Waals surface area contributed by atoms with E-state index in [2.05, 4.69) is 26.2 Å². The highest BCUT2D eigenvalue weighted by Gasteiger charge is 2.20. The van der Waals surface area contributed by atoms with E-state index in [1.54, 1.807) is 24.3 Å². The first kappa shape index (κ1) is 20.8. The minimum Gasteiger partial charge on any atom is -0.491 e. The molecular weight excluding hydrogens is 446 g/mol. The summed E-state index contributed by atoms with van der Waals surface area (Å²) >= 11 is 3.28. The zero-order valence-electron chi connectivity index (χ0n) is 16.0. The quantitative estimate of drug-likeness (QED) is 0.514. The lowest BCUT2D eigenvalue weighted by molar-refractivity contribution is -0.114. The van der Waals surface area contributed by atoms with E-state index in [-0.39, 0.29) is 30.2 Å². The number of benzene rings is 1. The van der Waals surface area contributed by atoms with E-state index in [9.17, 15) is 19.5 Å². The van der Waals surface area contributed by atoms with Gasteiger partial charge in [-0.2, -0.15) is 0 Å². The standard InChI is InChI=1S/C18H20BrN5O5/c1-10(25)20-11-4-6-13(7-5-11)29-9-12(26)8-24-14-15(21-17(24)19)22(2)18(28)23(3)16(14)27/h4-7,12,26H,8-9H2,1-3H3,(H,20,25). The van der Waals surface area contributed by atoms with Gasteiger partial charge in [-0.1, -0.05) is 0 Å². The fraction of sp³-hybridized carbons (Fsp3) is 0.333. The van der Waals surface area contributed by atoms with Gasteiger partial charge in [0.15, 0.2) is 15.9 Å². The van der Waals surface area contributed by atoms with E-state index in [1.165, 1.54) is 30.2 Å². The third-order valence-corrected chi connectivity index (χ3v) is 4.92. The smallest absolute Gasteiger partial charge is 0.332 e. The van der Waals surface area contributed by atoms with Crippen LogP contribution in [0.1, 0.15) is 6.92 Å². The van der Waals surface area contributed by atoms with Crippen LogP contribution in [0.3, 0.4) is 0 Å². The summed E-state index contributed by atoms with van der Waals surface area (Å²) in [5, 5.41) is 13.0. The van der Waals surface area contributed by atoms with Gasteiger partial charge in [-0.25, -0.2) is 9.78 Å². The van der Waals surface area contributed by atoms with Crippen LogP contribution in [0.25, 0.3) is 11.2 Å². The van der Waals surface area contributed by atoms with Crippen LogP contribution < -0.4 is 21.3 Å². The lowest BCUT2D eigenvalue weighted by Crippen LogP contribution is -2.38. The van der Waals surface area contributed by atoms with Gasteiger partial charge in [0, 0.05) is 26.7 Å². The molecule has 0 aliphatic heterocycles. The number of nitrogens with one attached hydrogen (secondary N) is 1. The highest BCUT2D eigenvalue weighted by molar-refractivity contribution is 9.10. The van der Waals surface area contributed by atoms with E-state index in [1.807, 2.05) is 0 Å². The number of amides is 1. The molecule has 2 heterocycles. The maximum Gasteiger partial charge on any atom is 0.332 e. The zero-order chi connectivity index (χ0) is 21.3. The number of fused-ring (bicyclic) bond motifs is 1. The van der Waals surface area contributed by atoms with Gasteiger partial charge in [0.2, 0.25) is 5.91 Å². The minimum absolute atomic E-state index is 0.0301. The lowest BCUT2D eigenvalue weighted by atomic mass is 10.3. The number of halogens is 1. The topological polar surface area (TPSA) is 120 Å². The molecule has 0 bridgehead atoms. The summed E-state index contributed by atoms with van der Waals surface area (Å²) < 4.78 is 9.67. The highest BCUT2D eigenvalue weighted by Crippen LogP contribution is 2.18. The van der Waals surface area contributed by atoms with Crippen molar-refractivity contribution in [2.75, 3.05) is 11.9 Å². The molecule has 29 heavy (non-hydrogen) atoms. The second-order valence-electron chi connectivity index (χ2n) is 6.54. The summed E-state index contributed by atoms with van der Waals surface area (Å²) in [6.07, 6.45) is -0.944. The number of carbonyl (C=O) groups excluding carboxylic acids is 1. The number of aliphatic hydroxyl groups is 1. The molecule has 0 spiro atoms. The van der Waals surface area contributed by atoms with Crippen LogP contribution >= 0.6 is 15.9 Å². The molecule has 11 heteroatoms. The number of carbonyl (C=O) groups is 1. The van der Waals surface area contributed by atoms with Gasteiger partial charge in [0.1, 0.15) is 18.5 Å². The number of nitrogens with zero attached hydrogens (tertiary/aromatic N) is 4. The molecule has 0 saturated carbocycles. The Bertz CT molecular complexity index is 1180. The van der Waals surface area contributed by atoms with E-state index in [0.29, 0.717) is 16.2 Å². The normalized spacial score (nSPS) is 12.2. The van der Waals surface area contributed by atoms with Crippen LogP contribution in [-0.2, 0) is 25.4 Å². The summed E-state index contributed by atoms with van der Waals surface area (Å²) in [7, 11) is 2.91. The van der Waals surface area contributed by atoms with Crippen molar-refractivity contribution in [3.63, 3.8) is 0 Å². The fourth-order valence-corrected chi connectivity index (χ4v) is 3.37. The van der Waals surface area contributed by atoms with Crippen molar-refractivity contribution in [3.05, 3.63) is 49.8 Å². The maximum atomic E-state index is 12.5. The Kier molecular flexibility index (Phi) is 5.89. The van der Waals surface area contributed by atoms with Gasteiger partial charge in [-0.05, 0) is 40.2 Å². The lowest BCUT2D eigenvalue weighted by Gasteiger charge is -2.14. The van der Waals surface area contributed by atoms with Crippen LogP contribution in [0.2, 0.25) is 0 Å². The van der Waals surface area contributed by atoms with Gasteiger partial charge in [0.05, 0.1) is 6.54 Å². The Morgan fingerprint density at radius 2 is 1.90 bits per heavy atom. The Hall–Kier alpha value is -2.92. The third-order valence-electron chi connectivity index (χ3n) is 4.31. The SMILES string of the molecule is CC(=O)Nc1ccc(OCC(O)Cn2c(Br)nc3c2c(=O)n(C)c(=O)n3C)cc1. The number of imidazole rings is 1. The first-order valence-electron chi connectivity index (χ1n) is 8.69. The second-order valence-corrected chi connectivity index (χ2v) is 7.25. The number of ether oxygens (including phenoxy) is 1. The summed E-state index contributed by atoms with van der Waals surface area (Å²) in [6.45, 7) is 1.43. The van der Waals surface area contributed by atoms with Gasteiger partial charge < -0.3 is 19.7 Å². The van der Waals surface area contributed by atoms with Crippen LogP contribution in [0, 0.1) is 0 Å². The average Bonchev–Trinajstić information content (AvgIpc) is 3.00. The first-order chi connectivity index (χ1) is 13.7. The maximum absolute atomic E-state index is 12.5. The molecule has 3 rings (SSSR count). The molecule has 10 nitrogen and oxygen atoms in total. The summed E-state index contributed by atoms with van der Waals surface area (Å²) in [5.74, 6) is 0.349. The Balaban J connectivity index is 1.76. The van der Waals surface area contributed by atoms with E-state index >= 15 is 0 Å². The molecule has 1 amide bonds. The van der Waals surface area contributed by atoms with Gasteiger partial charge in [0.25, 0.3) is 5.56 Å². The average molecular weight is 466 g/mol. The van der Waals surface area contributed by atoms with E-state index < -0.39 is 17.4 Å². The summed E-state index contributed by atoms with van der Waals surface area (Å²) in [5.41, 5.74) is 0.0988. The van der Waals surface area contributed by atoms with Crippen molar-refractivity contribution in [3.8, 4) is 5.75 Å². The number of aliphatic hydroxyl groups excluding tert-OH is 1. The third kappa shape index (κ3) is 4.25. The zero-order valence-corrected chi connectivity index (χ0v) is 17.6. The number of aryl methyl sites for hydroxylation is 1. The van der Waals surface area contributed by atoms with Crippen molar-refractivity contribution < 1.29 is 14.6 Å². The summed E-state index contributed by atoms with van der Waals surface area (Å²) in [6, 6.07) is 6.72. The molecule has 3 aromatic rings. The number of aromatic nitrogens is 4. The Labute approximate surface area is 173 Å². The second kappa shape index (κ2) is 8.21. The summed E-state index contributed by atoms with van der Waals surface area (Å²) in [4.78, 5) is 39.9.